The Morgan fingerprint density at radius 1 is 1.56 bits per heavy atom. The highest BCUT2D eigenvalue weighted by Gasteiger charge is 2.25. The molecule has 5 heteroatoms. The molecule has 92 valence electrons. The van der Waals surface area contributed by atoms with Crippen LogP contribution >= 0.6 is 11.8 Å². The van der Waals surface area contributed by atoms with Crippen LogP contribution in [0.15, 0.2) is 4.99 Å². The number of hydrogen-bond acceptors (Lipinski definition) is 4. The molecule has 0 aromatic heterocycles. The van der Waals surface area contributed by atoms with Crippen LogP contribution in [-0.4, -0.2) is 36.5 Å². The van der Waals surface area contributed by atoms with Crippen molar-refractivity contribution in [3.63, 3.8) is 0 Å². The van der Waals surface area contributed by atoms with E-state index in [9.17, 15) is 4.79 Å². The molecule has 0 saturated heterocycles. The first kappa shape index (κ1) is 13.4. The van der Waals surface area contributed by atoms with Crippen LogP contribution in [0, 0.1) is 5.92 Å². The van der Waals surface area contributed by atoms with Gasteiger partial charge in [0, 0.05) is 12.3 Å². The van der Waals surface area contributed by atoms with Crippen molar-refractivity contribution in [3.8, 4) is 0 Å². The van der Waals surface area contributed by atoms with Crippen molar-refractivity contribution in [2.75, 3.05) is 20.1 Å². The monoisotopic (exact) mass is 243 g/mol. The number of carbonyl (C=O) groups is 1. The second-order valence-corrected chi connectivity index (χ2v) is 5.13. The number of thioether (sulfide) groups is 1. The maximum Gasteiger partial charge on any atom is 0.239 e. The number of rotatable bonds is 5. The molecular formula is C11H21N3OS. The Balaban J connectivity index is 2.31. The Morgan fingerprint density at radius 2 is 2.25 bits per heavy atom. The average Bonchev–Trinajstić information content (AvgIpc) is 2.76. The van der Waals surface area contributed by atoms with E-state index in [1.54, 1.807) is 18.8 Å². The lowest BCUT2D eigenvalue weighted by molar-refractivity contribution is -0.119. The number of aliphatic imine (C=N–C) groups is 1. The van der Waals surface area contributed by atoms with Gasteiger partial charge in [-0.2, -0.15) is 0 Å². The van der Waals surface area contributed by atoms with Crippen molar-refractivity contribution >= 4 is 22.8 Å². The summed E-state index contributed by atoms with van der Waals surface area (Å²) in [6.07, 6.45) is 2.40. The fourth-order valence-corrected chi connectivity index (χ4v) is 3.11. The van der Waals surface area contributed by atoms with Gasteiger partial charge in [0.25, 0.3) is 0 Å². The van der Waals surface area contributed by atoms with Gasteiger partial charge in [0.15, 0.2) is 5.17 Å². The summed E-state index contributed by atoms with van der Waals surface area (Å²) < 4.78 is 0. The first-order chi connectivity index (χ1) is 7.71. The van der Waals surface area contributed by atoms with E-state index in [0.717, 1.165) is 17.6 Å². The van der Waals surface area contributed by atoms with Crippen molar-refractivity contribution < 1.29 is 4.79 Å². The molecule has 0 aromatic rings. The summed E-state index contributed by atoms with van der Waals surface area (Å²) in [4.78, 5) is 15.5. The standard InChI is InChI=1S/C11H21N3OS/c1-4-8(5-2)9-6-13-11(16-9)14-7-10(15)12-3/h8-9H,4-7H2,1-3H3,(H,12,15)(H,13,14). The Morgan fingerprint density at radius 3 is 2.81 bits per heavy atom. The van der Waals surface area contributed by atoms with Crippen LogP contribution in [0.1, 0.15) is 26.7 Å². The molecule has 1 atom stereocenters. The van der Waals surface area contributed by atoms with E-state index in [1.165, 1.54) is 12.8 Å². The van der Waals surface area contributed by atoms with Gasteiger partial charge in [-0.15, -0.1) is 0 Å². The Labute approximate surface area is 102 Å². The van der Waals surface area contributed by atoms with Gasteiger partial charge in [-0.3, -0.25) is 9.79 Å². The van der Waals surface area contributed by atoms with E-state index in [-0.39, 0.29) is 5.91 Å². The second-order valence-electron chi connectivity index (χ2n) is 3.91. The third-order valence-corrected chi connectivity index (χ3v) is 4.26. The minimum absolute atomic E-state index is 0.00529. The maximum absolute atomic E-state index is 11.1. The van der Waals surface area contributed by atoms with Crippen LogP contribution < -0.4 is 10.6 Å². The molecule has 0 bridgehead atoms. The third kappa shape index (κ3) is 3.70. The summed E-state index contributed by atoms with van der Waals surface area (Å²) in [7, 11) is 1.64. The normalized spacial score (nSPS) is 19.8. The number of amides is 1. The molecule has 0 radical (unpaired) electrons. The molecule has 0 saturated carbocycles. The van der Waals surface area contributed by atoms with E-state index in [4.69, 9.17) is 0 Å². The molecule has 1 rings (SSSR count). The zero-order valence-corrected chi connectivity index (χ0v) is 11.1. The van der Waals surface area contributed by atoms with E-state index in [0.29, 0.717) is 11.8 Å². The van der Waals surface area contributed by atoms with Crippen molar-refractivity contribution in [2.24, 2.45) is 10.9 Å². The number of carbonyl (C=O) groups excluding carboxylic acids is 1. The van der Waals surface area contributed by atoms with Gasteiger partial charge >= 0.3 is 0 Å². The number of nitrogens with one attached hydrogen (secondary N) is 2. The molecule has 0 spiro atoms. The first-order valence-corrected chi connectivity index (χ1v) is 6.74. The lowest BCUT2D eigenvalue weighted by atomic mass is 9.99. The Bertz CT molecular complexity index is 264. The van der Waals surface area contributed by atoms with Gasteiger partial charge in [-0.25, -0.2) is 0 Å². The molecule has 0 aromatic carbocycles. The first-order valence-electron chi connectivity index (χ1n) is 5.86. The predicted molar refractivity (Wildman–Crippen MR) is 69.8 cm³/mol. The van der Waals surface area contributed by atoms with Gasteiger partial charge in [0.05, 0.1) is 13.1 Å². The number of likely N-dealkylation sites (N-methyl/N-ethyl adjacent to an activating group) is 1. The van der Waals surface area contributed by atoms with E-state index < -0.39 is 0 Å². The van der Waals surface area contributed by atoms with Gasteiger partial charge in [0.1, 0.15) is 0 Å². The summed E-state index contributed by atoms with van der Waals surface area (Å²) >= 11 is 1.78. The predicted octanol–water partition coefficient (Wildman–Crippen LogP) is 1.23. The number of hydrogen-bond donors (Lipinski definition) is 2. The molecule has 16 heavy (non-hydrogen) atoms. The minimum Gasteiger partial charge on any atom is -0.358 e. The highest BCUT2D eigenvalue weighted by molar-refractivity contribution is 8.14. The molecule has 1 heterocycles. The topological polar surface area (TPSA) is 53.5 Å². The lowest BCUT2D eigenvalue weighted by Crippen LogP contribution is -2.33. The van der Waals surface area contributed by atoms with Gasteiger partial charge in [-0.1, -0.05) is 38.5 Å². The number of amidine groups is 1. The molecule has 1 aliphatic rings. The summed E-state index contributed by atoms with van der Waals surface area (Å²) in [5.41, 5.74) is 0. The molecule has 0 aliphatic carbocycles. The van der Waals surface area contributed by atoms with Crippen LogP contribution in [0.3, 0.4) is 0 Å². The SMILES string of the molecule is CCC(CC)C1CN=C(NCC(=O)NC)S1. The third-order valence-electron chi connectivity index (χ3n) is 2.93. The van der Waals surface area contributed by atoms with Gasteiger partial charge < -0.3 is 10.6 Å². The minimum atomic E-state index is -0.00529. The van der Waals surface area contributed by atoms with Crippen molar-refractivity contribution in [1.82, 2.24) is 10.6 Å². The molecule has 0 fully saturated rings. The molecule has 1 amide bonds. The summed E-state index contributed by atoms with van der Waals surface area (Å²) in [6, 6.07) is 0. The van der Waals surface area contributed by atoms with Crippen LogP contribution in [0.5, 0.6) is 0 Å². The fraction of sp³-hybridized carbons (Fsp3) is 0.818. The summed E-state index contributed by atoms with van der Waals surface area (Å²) in [5.74, 6) is 0.724. The highest BCUT2D eigenvalue weighted by atomic mass is 32.2. The van der Waals surface area contributed by atoms with E-state index in [1.807, 2.05) is 0 Å². The Kier molecular flexibility index (Phi) is 5.66. The van der Waals surface area contributed by atoms with Gasteiger partial charge in [0.2, 0.25) is 5.91 Å². The summed E-state index contributed by atoms with van der Waals surface area (Å²) in [5, 5.41) is 7.15. The van der Waals surface area contributed by atoms with Crippen LogP contribution in [-0.2, 0) is 4.79 Å². The Hall–Kier alpha value is -0.710. The summed E-state index contributed by atoms with van der Waals surface area (Å²) in [6.45, 7) is 5.65. The molecule has 2 N–H and O–H groups in total. The van der Waals surface area contributed by atoms with Crippen LogP contribution in [0.4, 0.5) is 0 Å². The highest BCUT2D eigenvalue weighted by Crippen LogP contribution is 2.30. The smallest absolute Gasteiger partial charge is 0.239 e. The molecular weight excluding hydrogens is 222 g/mol. The molecule has 4 nitrogen and oxygen atoms in total. The van der Waals surface area contributed by atoms with Crippen molar-refractivity contribution in [2.45, 2.75) is 31.9 Å². The zero-order valence-electron chi connectivity index (χ0n) is 10.2. The van der Waals surface area contributed by atoms with Crippen LogP contribution in [0.25, 0.3) is 0 Å². The quantitative estimate of drug-likeness (QED) is 0.763. The van der Waals surface area contributed by atoms with E-state index >= 15 is 0 Å². The zero-order chi connectivity index (χ0) is 12.0. The van der Waals surface area contributed by atoms with E-state index in [2.05, 4.69) is 29.5 Å². The molecule has 1 unspecified atom stereocenters. The maximum atomic E-state index is 11.1. The van der Waals surface area contributed by atoms with Gasteiger partial charge in [-0.05, 0) is 5.92 Å². The van der Waals surface area contributed by atoms with Crippen molar-refractivity contribution in [3.05, 3.63) is 0 Å². The lowest BCUT2D eigenvalue weighted by Gasteiger charge is -2.18. The largest absolute Gasteiger partial charge is 0.358 e. The second kappa shape index (κ2) is 6.78. The molecule has 1 aliphatic heterocycles. The average molecular weight is 243 g/mol. The van der Waals surface area contributed by atoms with Crippen molar-refractivity contribution in [1.29, 1.82) is 0 Å². The van der Waals surface area contributed by atoms with Crippen LogP contribution in [0.2, 0.25) is 0 Å². The fourth-order valence-electron chi connectivity index (χ4n) is 1.79. The number of nitrogens with zero attached hydrogens (tertiary/aromatic N) is 1.